The largest absolute Gasteiger partial charge is 0.470 e. The van der Waals surface area contributed by atoms with Gasteiger partial charge in [0.25, 0.3) is 0 Å². The molecule has 0 bridgehead atoms. The Morgan fingerprint density at radius 2 is 1.84 bits per heavy atom. The molecule has 3 aromatic rings. The molecule has 2 atom stereocenters. The minimum Gasteiger partial charge on any atom is -0.470 e. The normalized spacial score (nSPS) is 20.4. The van der Waals surface area contributed by atoms with E-state index in [1.807, 2.05) is 33.8 Å². The lowest BCUT2D eigenvalue weighted by atomic mass is 9.93. The van der Waals surface area contributed by atoms with Crippen molar-refractivity contribution in [3.8, 4) is 5.88 Å². The first-order valence-corrected chi connectivity index (χ1v) is 13.1. The van der Waals surface area contributed by atoms with Gasteiger partial charge in [-0.05, 0) is 49.9 Å². The Morgan fingerprint density at radius 3 is 2.50 bits per heavy atom. The molecule has 2 fully saturated rings. The molecule has 5 heterocycles. The highest BCUT2D eigenvalue weighted by Crippen LogP contribution is 2.35. The number of nitrogens with two attached hydrogens (primary N) is 1. The summed E-state index contributed by atoms with van der Waals surface area (Å²) in [5, 5.41) is 4.84. The van der Waals surface area contributed by atoms with Gasteiger partial charge in [-0.15, -0.1) is 0 Å². The van der Waals surface area contributed by atoms with Crippen LogP contribution in [0.15, 0.2) is 30.6 Å². The second-order valence-corrected chi connectivity index (χ2v) is 10.8. The molecule has 10 nitrogen and oxygen atoms in total. The van der Waals surface area contributed by atoms with Crippen molar-refractivity contribution in [1.82, 2.24) is 19.9 Å². The number of hydrogen-bond donors (Lipinski definition) is 2. The summed E-state index contributed by atoms with van der Waals surface area (Å²) >= 11 is 0. The van der Waals surface area contributed by atoms with E-state index in [2.05, 4.69) is 20.3 Å². The van der Waals surface area contributed by atoms with Gasteiger partial charge in [0.05, 0.1) is 29.7 Å². The number of esters is 1. The molecule has 200 valence electrons. The molecule has 0 radical (unpaired) electrons. The summed E-state index contributed by atoms with van der Waals surface area (Å²) in [6.07, 6.45) is 8.38. The summed E-state index contributed by atoms with van der Waals surface area (Å²) in [6, 6.07) is 5.36. The predicted molar refractivity (Wildman–Crippen MR) is 143 cm³/mol. The zero-order chi connectivity index (χ0) is 27.0. The summed E-state index contributed by atoms with van der Waals surface area (Å²) in [7, 11) is 0. The predicted octanol–water partition coefficient (Wildman–Crippen LogP) is 4.01. The molecule has 3 aliphatic rings. The van der Waals surface area contributed by atoms with E-state index in [1.165, 1.54) is 19.3 Å². The van der Waals surface area contributed by atoms with Crippen LogP contribution in [0.2, 0.25) is 0 Å². The van der Waals surface area contributed by atoms with Crippen molar-refractivity contribution in [1.29, 1.82) is 0 Å². The number of hydrogen-bond acceptors (Lipinski definition) is 9. The Hall–Kier alpha value is -3.79. The van der Waals surface area contributed by atoms with Gasteiger partial charge in [-0.1, -0.05) is 26.2 Å². The number of rotatable bonds is 6. The number of likely N-dealkylation sites (tertiary alicyclic amines) is 1. The summed E-state index contributed by atoms with van der Waals surface area (Å²) < 4.78 is 11.4. The number of pyridine rings is 3. The molecule has 3 aromatic heterocycles. The van der Waals surface area contributed by atoms with E-state index in [1.54, 1.807) is 29.4 Å². The van der Waals surface area contributed by atoms with Gasteiger partial charge in [-0.2, -0.15) is 0 Å². The minimum atomic E-state index is -0.650. The van der Waals surface area contributed by atoms with Gasteiger partial charge in [-0.25, -0.2) is 19.7 Å². The van der Waals surface area contributed by atoms with Crippen LogP contribution in [0.1, 0.15) is 74.5 Å². The van der Waals surface area contributed by atoms with Crippen LogP contribution in [-0.2, 0) is 15.1 Å². The fourth-order valence-corrected chi connectivity index (χ4v) is 4.33. The Bertz CT molecular complexity index is 1360. The van der Waals surface area contributed by atoms with Gasteiger partial charge in [-0.3, -0.25) is 4.79 Å². The number of nitrogens with zero attached hydrogens (tertiary/aromatic N) is 4. The third-order valence-corrected chi connectivity index (χ3v) is 6.92. The molecule has 6 rings (SSSR count). The average molecular weight is 519 g/mol. The summed E-state index contributed by atoms with van der Waals surface area (Å²) in [4.78, 5) is 38.5. The highest BCUT2D eigenvalue weighted by molar-refractivity contribution is 5.93. The maximum Gasteiger partial charge on any atom is 0.340 e. The van der Waals surface area contributed by atoms with Crippen LogP contribution in [0.5, 0.6) is 5.88 Å². The number of cyclic esters (lactones) is 1. The van der Waals surface area contributed by atoms with Crippen LogP contribution >= 0.6 is 0 Å². The number of ether oxygens (including phenoxy) is 2. The molecule has 38 heavy (non-hydrogen) atoms. The molecular weight excluding hydrogens is 484 g/mol. The van der Waals surface area contributed by atoms with E-state index in [0.717, 1.165) is 22.7 Å². The molecule has 10 heteroatoms. The van der Waals surface area contributed by atoms with E-state index in [0.29, 0.717) is 41.9 Å². The molecule has 2 aliphatic heterocycles. The highest BCUT2D eigenvalue weighted by Gasteiger charge is 2.32. The minimum absolute atomic E-state index is 0.0221. The molecule has 0 spiro atoms. The maximum atomic E-state index is 12.2. The lowest BCUT2D eigenvalue weighted by molar-refractivity contribution is -0.126. The van der Waals surface area contributed by atoms with Crippen LogP contribution in [-0.4, -0.2) is 57.5 Å². The van der Waals surface area contributed by atoms with Gasteiger partial charge in [0.2, 0.25) is 12.3 Å². The van der Waals surface area contributed by atoms with Crippen molar-refractivity contribution < 1.29 is 19.1 Å². The molecule has 1 aliphatic carbocycles. The van der Waals surface area contributed by atoms with Crippen molar-refractivity contribution in [3.63, 3.8) is 0 Å². The van der Waals surface area contributed by atoms with E-state index in [9.17, 15) is 9.59 Å². The Morgan fingerprint density at radius 1 is 1.11 bits per heavy atom. The standard InChI is InChI=1S/C25H28N6O4.C3H6/c1-13-14(2)34-24(33)16-5-6-20(30-22(13)16)29-21-7-17-18(8-27-21)23(28-9-19(17)25(3,4)26)35-15-10-31(11-15)12-32;1-2-3-1/h5-9,12-15H,10-11,26H2,1-4H3,(H,27,29,30);1-3H2/t13-,14?;/m0./s1. The number of amides is 1. The average Bonchev–Trinajstić information content (AvgIpc) is 3.73. The van der Waals surface area contributed by atoms with Gasteiger partial charge < -0.3 is 25.4 Å². The van der Waals surface area contributed by atoms with Gasteiger partial charge in [0, 0.05) is 23.9 Å². The molecule has 0 aromatic carbocycles. The molecule has 3 N–H and O–H groups in total. The zero-order valence-corrected chi connectivity index (χ0v) is 22.2. The fraction of sp³-hybridized carbons (Fsp3) is 0.464. The Balaban J connectivity index is 0.000000916. The topological polar surface area (TPSA) is 133 Å². The number of fused-ring (bicyclic) bond motifs is 2. The van der Waals surface area contributed by atoms with E-state index >= 15 is 0 Å². The van der Waals surface area contributed by atoms with Gasteiger partial charge in [0.1, 0.15) is 23.8 Å². The maximum absolute atomic E-state index is 12.2. The highest BCUT2D eigenvalue weighted by atomic mass is 16.5. The number of nitrogens with one attached hydrogen (secondary N) is 1. The van der Waals surface area contributed by atoms with Gasteiger partial charge in [0.15, 0.2) is 0 Å². The van der Waals surface area contributed by atoms with E-state index < -0.39 is 5.54 Å². The monoisotopic (exact) mass is 518 g/mol. The first kappa shape index (κ1) is 25.8. The summed E-state index contributed by atoms with van der Waals surface area (Å²) in [5.41, 5.74) is 7.82. The second kappa shape index (κ2) is 10.2. The van der Waals surface area contributed by atoms with Crippen LogP contribution < -0.4 is 15.8 Å². The molecule has 1 saturated carbocycles. The smallest absolute Gasteiger partial charge is 0.340 e. The number of aromatic nitrogens is 3. The molecular formula is C28H34N6O4. The van der Waals surface area contributed by atoms with E-state index in [-0.39, 0.29) is 24.1 Å². The van der Waals surface area contributed by atoms with Crippen LogP contribution in [0.4, 0.5) is 11.6 Å². The van der Waals surface area contributed by atoms with Crippen molar-refractivity contribution in [3.05, 3.63) is 47.4 Å². The van der Waals surface area contributed by atoms with Gasteiger partial charge >= 0.3 is 5.97 Å². The Kier molecular flexibility index (Phi) is 6.92. The summed E-state index contributed by atoms with van der Waals surface area (Å²) in [5.74, 6) is 1.22. The van der Waals surface area contributed by atoms with Crippen molar-refractivity contribution >= 4 is 34.8 Å². The van der Waals surface area contributed by atoms with Crippen molar-refractivity contribution in [2.75, 3.05) is 18.4 Å². The summed E-state index contributed by atoms with van der Waals surface area (Å²) in [6.45, 7) is 8.73. The third-order valence-electron chi connectivity index (χ3n) is 6.92. The Labute approximate surface area is 221 Å². The molecule has 1 unspecified atom stereocenters. The number of carbonyl (C=O) groups excluding carboxylic acids is 2. The van der Waals surface area contributed by atoms with Crippen LogP contribution in [0, 0.1) is 0 Å². The lowest BCUT2D eigenvalue weighted by Gasteiger charge is -2.36. The first-order valence-electron chi connectivity index (χ1n) is 13.1. The SMILES string of the molecule is C1CC1.CC1OC(=O)c2ccc(Nc3cc4c(C(C)(C)N)cnc(OC5CN(C=O)C5)c4cn3)nc2[C@H]1C. The van der Waals surface area contributed by atoms with Crippen molar-refractivity contribution in [2.45, 2.75) is 70.6 Å². The van der Waals surface area contributed by atoms with E-state index in [4.69, 9.17) is 15.2 Å². The third kappa shape index (κ3) is 5.40. The lowest BCUT2D eigenvalue weighted by Crippen LogP contribution is -2.52. The molecule has 1 saturated heterocycles. The number of carbonyl (C=O) groups is 2. The van der Waals surface area contributed by atoms with Crippen LogP contribution in [0.25, 0.3) is 10.8 Å². The van der Waals surface area contributed by atoms with Crippen LogP contribution in [0.3, 0.4) is 0 Å². The zero-order valence-electron chi connectivity index (χ0n) is 22.2. The fourth-order valence-electron chi connectivity index (χ4n) is 4.33. The number of anilines is 2. The second-order valence-electron chi connectivity index (χ2n) is 10.8. The molecule has 1 amide bonds. The quantitative estimate of drug-likeness (QED) is 0.367. The first-order chi connectivity index (χ1) is 18.1. The van der Waals surface area contributed by atoms with Crippen molar-refractivity contribution in [2.24, 2.45) is 5.73 Å².